The van der Waals surface area contributed by atoms with E-state index < -0.39 is 0 Å². The molecule has 3 rings (SSSR count). The number of hydrogen-bond donors (Lipinski definition) is 1. The summed E-state index contributed by atoms with van der Waals surface area (Å²) in [7, 11) is 0. The predicted molar refractivity (Wildman–Crippen MR) is 73.3 cm³/mol. The molecule has 0 spiro atoms. The van der Waals surface area contributed by atoms with Crippen molar-refractivity contribution in [3.8, 4) is 11.5 Å². The first-order valence-electron chi connectivity index (χ1n) is 5.87. The molecule has 0 aliphatic carbocycles. The van der Waals surface area contributed by atoms with Crippen molar-refractivity contribution in [3.63, 3.8) is 0 Å². The summed E-state index contributed by atoms with van der Waals surface area (Å²) in [5.74, 6) is 0.723. The Morgan fingerprint density at radius 2 is 1.94 bits per heavy atom. The molecular weight excluding hydrogens is 224 g/mol. The number of para-hydroxylation sites is 1. The largest absolute Gasteiger partial charge is 0.454 e. The van der Waals surface area contributed by atoms with E-state index in [9.17, 15) is 0 Å². The lowest BCUT2D eigenvalue weighted by atomic mass is 10.1. The molecule has 0 aliphatic rings. The van der Waals surface area contributed by atoms with E-state index in [1.807, 2.05) is 44.2 Å². The molecule has 3 heteroatoms. The van der Waals surface area contributed by atoms with Crippen LogP contribution in [0.25, 0.3) is 22.4 Å². The predicted octanol–water partition coefficient (Wildman–Crippen LogP) is 3.69. The summed E-state index contributed by atoms with van der Waals surface area (Å²) in [5, 5.41) is 1.08. The van der Waals surface area contributed by atoms with Gasteiger partial charge in [0.05, 0.1) is 5.69 Å². The number of anilines is 1. The quantitative estimate of drug-likeness (QED) is 0.703. The summed E-state index contributed by atoms with van der Waals surface area (Å²) in [6.45, 7) is 4.00. The van der Waals surface area contributed by atoms with Crippen LogP contribution in [-0.2, 0) is 0 Å². The Bertz CT molecular complexity index is 728. The molecule has 90 valence electrons. The van der Waals surface area contributed by atoms with Crippen molar-refractivity contribution in [2.24, 2.45) is 0 Å². The van der Waals surface area contributed by atoms with Gasteiger partial charge < -0.3 is 10.2 Å². The standard InChI is InChI=1S/C15H14N2O/c1-9-6-7-17-14(13(9)16)12-8-11-5-3-4-10(2)15(11)18-12/h3-8H,16H2,1-2H3. The van der Waals surface area contributed by atoms with Gasteiger partial charge in [-0.05, 0) is 37.1 Å². The highest BCUT2D eigenvalue weighted by atomic mass is 16.3. The molecule has 0 fully saturated rings. The van der Waals surface area contributed by atoms with Gasteiger partial charge in [0.15, 0.2) is 5.76 Å². The van der Waals surface area contributed by atoms with Gasteiger partial charge in [0.25, 0.3) is 0 Å². The number of aryl methyl sites for hydroxylation is 2. The fraction of sp³-hybridized carbons (Fsp3) is 0.133. The second-order valence-corrected chi connectivity index (χ2v) is 4.49. The molecule has 0 radical (unpaired) electrons. The van der Waals surface area contributed by atoms with E-state index >= 15 is 0 Å². The zero-order chi connectivity index (χ0) is 12.7. The van der Waals surface area contributed by atoms with Crippen molar-refractivity contribution < 1.29 is 4.42 Å². The zero-order valence-electron chi connectivity index (χ0n) is 10.4. The summed E-state index contributed by atoms with van der Waals surface area (Å²) in [5.41, 5.74) is 10.5. The van der Waals surface area contributed by atoms with Crippen LogP contribution in [0.1, 0.15) is 11.1 Å². The Balaban J connectivity index is 2.26. The van der Waals surface area contributed by atoms with E-state index in [0.29, 0.717) is 11.4 Å². The lowest BCUT2D eigenvalue weighted by molar-refractivity contribution is 0.626. The molecule has 0 atom stereocenters. The number of benzene rings is 1. The Hall–Kier alpha value is -2.29. The topological polar surface area (TPSA) is 52.0 Å². The van der Waals surface area contributed by atoms with Crippen molar-refractivity contribution in [3.05, 3.63) is 47.7 Å². The number of hydrogen-bond acceptors (Lipinski definition) is 3. The molecule has 3 aromatic rings. The molecule has 0 amide bonds. The lowest BCUT2D eigenvalue weighted by Crippen LogP contribution is -1.95. The molecule has 1 aromatic carbocycles. The minimum atomic E-state index is 0.675. The highest BCUT2D eigenvalue weighted by Crippen LogP contribution is 2.32. The highest BCUT2D eigenvalue weighted by molar-refractivity contribution is 5.86. The van der Waals surface area contributed by atoms with Crippen molar-refractivity contribution in [2.45, 2.75) is 13.8 Å². The van der Waals surface area contributed by atoms with Gasteiger partial charge in [-0.1, -0.05) is 18.2 Å². The number of fused-ring (bicyclic) bond motifs is 1. The molecular formula is C15H14N2O. The zero-order valence-corrected chi connectivity index (χ0v) is 10.4. The van der Waals surface area contributed by atoms with Crippen molar-refractivity contribution in [1.29, 1.82) is 0 Å². The van der Waals surface area contributed by atoms with E-state index in [0.717, 1.165) is 27.9 Å². The molecule has 0 saturated heterocycles. The average molecular weight is 238 g/mol. The van der Waals surface area contributed by atoms with Crippen LogP contribution in [0.3, 0.4) is 0 Å². The maximum Gasteiger partial charge on any atom is 0.155 e. The SMILES string of the molecule is Cc1ccnc(-c2cc3cccc(C)c3o2)c1N. The van der Waals surface area contributed by atoms with Crippen LogP contribution >= 0.6 is 0 Å². The summed E-state index contributed by atoms with van der Waals surface area (Å²) in [6.07, 6.45) is 1.75. The van der Waals surface area contributed by atoms with E-state index in [-0.39, 0.29) is 0 Å². The number of nitrogens with zero attached hydrogens (tertiary/aromatic N) is 1. The third-order valence-corrected chi connectivity index (χ3v) is 3.18. The smallest absolute Gasteiger partial charge is 0.155 e. The molecule has 2 heterocycles. The average Bonchev–Trinajstić information content (AvgIpc) is 2.78. The van der Waals surface area contributed by atoms with Gasteiger partial charge in [-0.2, -0.15) is 0 Å². The molecule has 18 heavy (non-hydrogen) atoms. The Labute approximate surface area is 105 Å². The van der Waals surface area contributed by atoms with E-state index in [4.69, 9.17) is 10.2 Å². The van der Waals surface area contributed by atoms with Crippen LogP contribution in [0.2, 0.25) is 0 Å². The van der Waals surface area contributed by atoms with Crippen LogP contribution in [0, 0.1) is 13.8 Å². The third kappa shape index (κ3) is 1.56. The summed E-state index contributed by atoms with van der Waals surface area (Å²) in [4.78, 5) is 4.32. The van der Waals surface area contributed by atoms with Gasteiger partial charge >= 0.3 is 0 Å². The molecule has 2 N–H and O–H groups in total. The maximum atomic E-state index is 6.05. The molecule has 0 unspecified atom stereocenters. The van der Waals surface area contributed by atoms with Crippen LogP contribution in [0.4, 0.5) is 5.69 Å². The van der Waals surface area contributed by atoms with E-state index in [1.54, 1.807) is 6.20 Å². The molecule has 3 nitrogen and oxygen atoms in total. The van der Waals surface area contributed by atoms with Gasteiger partial charge in [0.1, 0.15) is 11.3 Å². The van der Waals surface area contributed by atoms with Gasteiger partial charge in [-0.3, -0.25) is 4.98 Å². The second kappa shape index (κ2) is 3.88. The van der Waals surface area contributed by atoms with Gasteiger partial charge in [0.2, 0.25) is 0 Å². The second-order valence-electron chi connectivity index (χ2n) is 4.49. The lowest BCUT2D eigenvalue weighted by Gasteiger charge is -2.03. The van der Waals surface area contributed by atoms with Gasteiger partial charge in [-0.25, -0.2) is 0 Å². The van der Waals surface area contributed by atoms with Crippen LogP contribution in [0.5, 0.6) is 0 Å². The maximum absolute atomic E-state index is 6.05. The number of nitrogens with two attached hydrogens (primary N) is 1. The fourth-order valence-corrected chi connectivity index (χ4v) is 2.09. The monoisotopic (exact) mass is 238 g/mol. The van der Waals surface area contributed by atoms with Crippen LogP contribution < -0.4 is 5.73 Å². The Kier molecular flexibility index (Phi) is 2.33. The molecule has 0 bridgehead atoms. The molecule has 0 aliphatic heterocycles. The molecule has 2 aromatic heterocycles. The van der Waals surface area contributed by atoms with Crippen molar-refractivity contribution in [2.75, 3.05) is 5.73 Å². The first-order chi connectivity index (χ1) is 8.66. The first-order valence-corrected chi connectivity index (χ1v) is 5.87. The Morgan fingerprint density at radius 3 is 2.72 bits per heavy atom. The fourth-order valence-electron chi connectivity index (χ4n) is 2.09. The summed E-state index contributed by atoms with van der Waals surface area (Å²) in [6, 6.07) is 9.96. The van der Waals surface area contributed by atoms with E-state index in [2.05, 4.69) is 4.98 Å². The van der Waals surface area contributed by atoms with Crippen molar-refractivity contribution >= 4 is 16.7 Å². The van der Waals surface area contributed by atoms with E-state index in [1.165, 1.54) is 0 Å². The van der Waals surface area contributed by atoms with Crippen LogP contribution in [-0.4, -0.2) is 4.98 Å². The highest BCUT2D eigenvalue weighted by Gasteiger charge is 2.12. The van der Waals surface area contributed by atoms with Gasteiger partial charge in [-0.15, -0.1) is 0 Å². The Morgan fingerprint density at radius 1 is 1.11 bits per heavy atom. The number of furan rings is 1. The molecule has 0 saturated carbocycles. The van der Waals surface area contributed by atoms with Gasteiger partial charge in [0, 0.05) is 11.6 Å². The normalized spacial score (nSPS) is 11.0. The summed E-state index contributed by atoms with van der Waals surface area (Å²) < 4.78 is 5.88. The number of rotatable bonds is 1. The minimum absolute atomic E-state index is 0.675. The number of pyridine rings is 1. The van der Waals surface area contributed by atoms with Crippen LogP contribution in [0.15, 0.2) is 40.9 Å². The number of nitrogen functional groups attached to an aromatic ring is 1. The van der Waals surface area contributed by atoms with Crippen molar-refractivity contribution in [1.82, 2.24) is 4.98 Å². The first kappa shape index (κ1) is 10.8. The number of aromatic nitrogens is 1. The third-order valence-electron chi connectivity index (χ3n) is 3.18. The minimum Gasteiger partial charge on any atom is -0.454 e. The summed E-state index contributed by atoms with van der Waals surface area (Å²) >= 11 is 0.